The Bertz CT molecular complexity index is 1370. The summed E-state index contributed by atoms with van der Waals surface area (Å²) in [4.78, 5) is 27.5. The third kappa shape index (κ3) is 3.95. The van der Waals surface area contributed by atoms with Gasteiger partial charge < -0.3 is 9.47 Å². The lowest BCUT2D eigenvalue weighted by Crippen LogP contribution is -2.29. The standard InChI is InChI=1S/C28H25N3O4/c1-4-35-28(33)20-9-13-21(14-10-20)31-26(19-7-5-17(2)6-8-19)23-24(29-30-25(23)27(31)32)18-11-15-22(34-3)16-12-18/h5-16,26H,4H2,1-3H3,(H,29,30)/t26-/m0/s1. The van der Waals surface area contributed by atoms with E-state index in [1.54, 1.807) is 43.2 Å². The van der Waals surface area contributed by atoms with Gasteiger partial charge in [0.1, 0.15) is 11.4 Å². The van der Waals surface area contributed by atoms with Crippen molar-refractivity contribution in [3.8, 4) is 17.0 Å². The van der Waals surface area contributed by atoms with Gasteiger partial charge in [0, 0.05) is 16.8 Å². The van der Waals surface area contributed by atoms with Crippen molar-refractivity contribution in [1.29, 1.82) is 0 Å². The van der Waals surface area contributed by atoms with Crippen molar-refractivity contribution in [3.05, 3.63) is 101 Å². The molecular weight excluding hydrogens is 442 g/mol. The number of nitrogens with one attached hydrogen (secondary N) is 1. The molecule has 7 heteroatoms. The number of aromatic amines is 1. The van der Waals surface area contributed by atoms with Gasteiger partial charge in [0.05, 0.1) is 31.0 Å². The molecule has 1 aliphatic rings. The Kier molecular flexibility index (Phi) is 5.82. The lowest BCUT2D eigenvalue weighted by atomic mass is 9.95. The smallest absolute Gasteiger partial charge is 0.338 e. The van der Waals surface area contributed by atoms with Crippen LogP contribution in [0, 0.1) is 6.92 Å². The highest BCUT2D eigenvalue weighted by Gasteiger charge is 2.43. The predicted molar refractivity (Wildman–Crippen MR) is 133 cm³/mol. The van der Waals surface area contributed by atoms with E-state index >= 15 is 0 Å². The first-order valence-corrected chi connectivity index (χ1v) is 11.4. The highest BCUT2D eigenvalue weighted by Crippen LogP contribution is 2.45. The molecular formula is C28H25N3O4. The van der Waals surface area contributed by atoms with Crippen LogP contribution in [0.1, 0.15) is 50.5 Å². The van der Waals surface area contributed by atoms with E-state index in [9.17, 15) is 9.59 Å². The fourth-order valence-corrected chi connectivity index (χ4v) is 4.42. The number of esters is 1. The number of ether oxygens (including phenoxy) is 2. The number of amides is 1. The van der Waals surface area contributed by atoms with Gasteiger partial charge in [-0.25, -0.2) is 4.79 Å². The number of benzene rings is 3. The fourth-order valence-electron chi connectivity index (χ4n) is 4.42. The average molecular weight is 468 g/mol. The molecule has 1 amide bonds. The summed E-state index contributed by atoms with van der Waals surface area (Å²) in [7, 11) is 1.62. The normalized spacial score (nSPS) is 14.7. The Labute approximate surface area is 203 Å². The van der Waals surface area contributed by atoms with Gasteiger partial charge in [-0.15, -0.1) is 0 Å². The van der Waals surface area contributed by atoms with Crippen LogP contribution < -0.4 is 9.64 Å². The number of aromatic nitrogens is 2. The third-order valence-electron chi connectivity index (χ3n) is 6.18. The van der Waals surface area contributed by atoms with Crippen LogP contribution in [0.15, 0.2) is 72.8 Å². The van der Waals surface area contributed by atoms with Gasteiger partial charge in [-0.05, 0) is 67.9 Å². The number of fused-ring (bicyclic) bond motifs is 1. The van der Waals surface area contributed by atoms with E-state index in [2.05, 4.69) is 10.2 Å². The molecule has 0 aliphatic carbocycles. The largest absolute Gasteiger partial charge is 0.497 e. The summed E-state index contributed by atoms with van der Waals surface area (Å²) >= 11 is 0. The van der Waals surface area contributed by atoms with Crippen molar-refractivity contribution >= 4 is 17.6 Å². The predicted octanol–water partition coefficient (Wildman–Crippen LogP) is 5.32. The number of methoxy groups -OCH3 is 1. The maximum atomic E-state index is 13.7. The van der Waals surface area contributed by atoms with Crippen LogP contribution in [-0.4, -0.2) is 35.8 Å². The van der Waals surface area contributed by atoms with Gasteiger partial charge in [0.25, 0.3) is 5.91 Å². The van der Waals surface area contributed by atoms with E-state index in [4.69, 9.17) is 9.47 Å². The zero-order valence-corrected chi connectivity index (χ0v) is 19.7. The molecule has 0 saturated carbocycles. The molecule has 0 radical (unpaired) electrons. The molecule has 4 aromatic rings. The molecule has 1 N–H and O–H groups in total. The molecule has 0 saturated heterocycles. The number of hydrogen-bond acceptors (Lipinski definition) is 5. The molecule has 0 unspecified atom stereocenters. The number of H-pyrrole nitrogens is 1. The number of hydrogen-bond donors (Lipinski definition) is 1. The fraction of sp³-hybridized carbons (Fsp3) is 0.179. The second-order valence-electron chi connectivity index (χ2n) is 8.35. The molecule has 1 aromatic heterocycles. The van der Waals surface area contributed by atoms with Gasteiger partial charge in [-0.3, -0.25) is 14.8 Å². The first-order valence-electron chi connectivity index (χ1n) is 11.4. The van der Waals surface area contributed by atoms with Gasteiger partial charge >= 0.3 is 5.97 Å². The highest BCUT2D eigenvalue weighted by atomic mass is 16.5. The van der Waals surface area contributed by atoms with Crippen LogP contribution in [-0.2, 0) is 4.74 Å². The van der Waals surface area contributed by atoms with Crippen molar-refractivity contribution < 1.29 is 19.1 Å². The van der Waals surface area contributed by atoms with Crippen molar-refractivity contribution in [3.63, 3.8) is 0 Å². The summed E-state index contributed by atoms with van der Waals surface area (Å²) in [5.41, 5.74) is 6.08. The highest BCUT2D eigenvalue weighted by molar-refractivity contribution is 6.12. The van der Waals surface area contributed by atoms with Crippen LogP contribution in [0.2, 0.25) is 0 Å². The Hall–Kier alpha value is -4.39. The van der Waals surface area contributed by atoms with Crippen molar-refractivity contribution in [1.82, 2.24) is 10.2 Å². The maximum absolute atomic E-state index is 13.7. The Morgan fingerprint density at radius 2 is 1.69 bits per heavy atom. The molecule has 5 rings (SSSR count). The van der Waals surface area contributed by atoms with Crippen LogP contribution >= 0.6 is 0 Å². The third-order valence-corrected chi connectivity index (χ3v) is 6.18. The number of aryl methyl sites for hydroxylation is 1. The van der Waals surface area contributed by atoms with E-state index in [0.717, 1.165) is 28.0 Å². The van der Waals surface area contributed by atoms with Gasteiger partial charge in [-0.2, -0.15) is 5.10 Å². The van der Waals surface area contributed by atoms with Gasteiger partial charge in [0.15, 0.2) is 0 Å². The number of carbonyl (C=O) groups is 2. The first kappa shape index (κ1) is 22.4. The lowest BCUT2D eigenvalue weighted by molar-refractivity contribution is 0.0526. The van der Waals surface area contributed by atoms with Crippen LogP contribution in [0.3, 0.4) is 0 Å². The molecule has 0 fully saturated rings. The summed E-state index contributed by atoms with van der Waals surface area (Å²) in [5, 5.41) is 7.49. The van der Waals surface area contributed by atoms with Gasteiger partial charge in [0.2, 0.25) is 0 Å². The molecule has 2 heterocycles. The minimum absolute atomic E-state index is 0.179. The van der Waals surface area contributed by atoms with E-state index in [-0.39, 0.29) is 11.9 Å². The Morgan fingerprint density at radius 3 is 2.31 bits per heavy atom. The van der Waals surface area contributed by atoms with Crippen LogP contribution in [0.25, 0.3) is 11.3 Å². The molecule has 3 aromatic carbocycles. The number of nitrogens with zero attached hydrogens (tertiary/aromatic N) is 2. The maximum Gasteiger partial charge on any atom is 0.338 e. The molecule has 1 atom stereocenters. The first-order chi connectivity index (χ1) is 17.0. The Morgan fingerprint density at radius 1 is 1.00 bits per heavy atom. The molecule has 0 bridgehead atoms. The van der Waals surface area contributed by atoms with E-state index in [0.29, 0.717) is 29.2 Å². The lowest BCUT2D eigenvalue weighted by Gasteiger charge is -2.26. The van der Waals surface area contributed by atoms with Crippen LogP contribution in [0.5, 0.6) is 5.75 Å². The van der Waals surface area contributed by atoms with E-state index in [1.807, 2.05) is 55.5 Å². The zero-order chi connectivity index (χ0) is 24.5. The van der Waals surface area contributed by atoms with E-state index in [1.165, 1.54) is 0 Å². The summed E-state index contributed by atoms with van der Waals surface area (Å²) in [6.07, 6.45) is 0. The molecule has 35 heavy (non-hydrogen) atoms. The summed E-state index contributed by atoms with van der Waals surface area (Å²) in [6, 6.07) is 22.3. The molecule has 1 aliphatic heterocycles. The average Bonchev–Trinajstić information content (AvgIpc) is 3.44. The monoisotopic (exact) mass is 467 g/mol. The SMILES string of the molecule is CCOC(=O)c1ccc(N2C(=O)c3[nH]nc(-c4ccc(OC)cc4)c3[C@@H]2c2ccc(C)cc2)cc1. The zero-order valence-electron chi connectivity index (χ0n) is 19.7. The van der Waals surface area contributed by atoms with Crippen molar-refractivity contribution in [2.24, 2.45) is 0 Å². The van der Waals surface area contributed by atoms with Crippen molar-refractivity contribution in [2.75, 3.05) is 18.6 Å². The van der Waals surface area contributed by atoms with Crippen molar-refractivity contribution in [2.45, 2.75) is 19.9 Å². The molecule has 0 spiro atoms. The van der Waals surface area contributed by atoms with Crippen LogP contribution in [0.4, 0.5) is 5.69 Å². The number of anilines is 1. The van der Waals surface area contributed by atoms with E-state index < -0.39 is 5.97 Å². The topological polar surface area (TPSA) is 84.5 Å². The second-order valence-corrected chi connectivity index (χ2v) is 8.35. The number of rotatable bonds is 6. The quantitative estimate of drug-likeness (QED) is 0.388. The Balaban J connectivity index is 1.62. The summed E-state index contributed by atoms with van der Waals surface area (Å²) in [5.74, 6) is 0.176. The minimum Gasteiger partial charge on any atom is -0.497 e. The summed E-state index contributed by atoms with van der Waals surface area (Å²) < 4.78 is 10.4. The second kappa shape index (κ2) is 9.10. The molecule has 7 nitrogen and oxygen atoms in total. The summed E-state index contributed by atoms with van der Waals surface area (Å²) in [6.45, 7) is 4.10. The minimum atomic E-state index is -0.391. The molecule has 176 valence electrons. The number of carbonyl (C=O) groups excluding carboxylic acids is 2. The van der Waals surface area contributed by atoms with Gasteiger partial charge in [-0.1, -0.05) is 29.8 Å².